The van der Waals surface area contributed by atoms with Crippen molar-refractivity contribution in [2.24, 2.45) is 14.1 Å². The number of amides is 2. The largest absolute Gasteiger partial charge is 0.370 e. The maximum Gasteiger partial charge on any atom is 0.328 e. The molecule has 8 heteroatoms. The second kappa shape index (κ2) is 8.29. The molecular weight excluding hydrogens is 394 g/mol. The van der Waals surface area contributed by atoms with Crippen LogP contribution in [0.25, 0.3) is 11.0 Å². The van der Waals surface area contributed by atoms with Crippen LogP contribution in [0.3, 0.4) is 0 Å². The number of benzene rings is 2. The molecule has 4 rings (SSSR count). The van der Waals surface area contributed by atoms with E-state index in [1.54, 1.807) is 47.5 Å². The molecule has 1 aliphatic heterocycles. The molecule has 31 heavy (non-hydrogen) atoms. The number of Topliss-reactive ketones (excluding diaryl/α,β-unsaturated/α-hetero) is 1. The van der Waals surface area contributed by atoms with Gasteiger partial charge in [0.1, 0.15) is 0 Å². The van der Waals surface area contributed by atoms with Crippen molar-refractivity contribution < 1.29 is 9.59 Å². The summed E-state index contributed by atoms with van der Waals surface area (Å²) in [5, 5.41) is 5.75. The lowest BCUT2D eigenvalue weighted by molar-refractivity contribution is 0.101. The van der Waals surface area contributed by atoms with Crippen LogP contribution >= 0.6 is 0 Å². The number of aryl methyl sites for hydroxylation is 2. The summed E-state index contributed by atoms with van der Waals surface area (Å²) < 4.78 is 3.20. The SMILES string of the molecule is CC(=O)c1cccc(NC(=O)Nc2cc3c(cc2N2CCCCC2)n(C)c(=O)n3C)c1. The van der Waals surface area contributed by atoms with E-state index < -0.39 is 6.03 Å². The van der Waals surface area contributed by atoms with E-state index >= 15 is 0 Å². The molecule has 0 unspecified atom stereocenters. The van der Waals surface area contributed by atoms with Crippen LogP contribution in [0, 0.1) is 0 Å². The third-order valence-electron chi connectivity index (χ3n) is 5.86. The molecule has 1 saturated heterocycles. The third-order valence-corrected chi connectivity index (χ3v) is 5.86. The van der Waals surface area contributed by atoms with Crippen molar-refractivity contribution in [3.8, 4) is 0 Å². The molecule has 1 aliphatic rings. The summed E-state index contributed by atoms with van der Waals surface area (Å²) in [5.74, 6) is -0.0631. The molecule has 2 heterocycles. The molecule has 0 atom stereocenters. The van der Waals surface area contributed by atoms with Crippen molar-refractivity contribution in [1.29, 1.82) is 0 Å². The van der Waals surface area contributed by atoms with Crippen molar-refractivity contribution in [3.05, 3.63) is 52.4 Å². The molecule has 1 aromatic heterocycles. The summed E-state index contributed by atoms with van der Waals surface area (Å²) in [6.07, 6.45) is 3.38. The lowest BCUT2D eigenvalue weighted by atomic mass is 10.1. The number of anilines is 3. The highest BCUT2D eigenvalue weighted by molar-refractivity contribution is 6.04. The minimum absolute atomic E-state index is 0.0631. The fraction of sp³-hybridized carbons (Fsp3) is 0.348. The number of fused-ring (bicyclic) bond motifs is 1. The van der Waals surface area contributed by atoms with E-state index in [0.29, 0.717) is 16.9 Å². The number of imidazole rings is 1. The number of nitrogens with one attached hydrogen (secondary N) is 2. The number of carbonyl (C=O) groups is 2. The van der Waals surface area contributed by atoms with Crippen LogP contribution in [-0.2, 0) is 14.1 Å². The van der Waals surface area contributed by atoms with Gasteiger partial charge >= 0.3 is 11.7 Å². The van der Waals surface area contributed by atoms with Crippen LogP contribution in [0.5, 0.6) is 0 Å². The maximum atomic E-state index is 12.8. The van der Waals surface area contributed by atoms with Gasteiger partial charge in [-0.15, -0.1) is 0 Å². The highest BCUT2D eigenvalue weighted by Gasteiger charge is 2.20. The summed E-state index contributed by atoms with van der Waals surface area (Å²) >= 11 is 0. The van der Waals surface area contributed by atoms with Crippen molar-refractivity contribution in [1.82, 2.24) is 9.13 Å². The van der Waals surface area contributed by atoms with Gasteiger partial charge in [-0.25, -0.2) is 9.59 Å². The van der Waals surface area contributed by atoms with Crippen LogP contribution in [-0.4, -0.2) is 34.0 Å². The molecule has 0 spiro atoms. The molecule has 1 fully saturated rings. The predicted octanol–water partition coefficient (Wildman–Crippen LogP) is 3.71. The zero-order chi connectivity index (χ0) is 22.1. The average Bonchev–Trinajstić information content (AvgIpc) is 2.97. The van der Waals surface area contributed by atoms with Crippen LogP contribution in [0.4, 0.5) is 21.9 Å². The molecule has 0 bridgehead atoms. The van der Waals surface area contributed by atoms with E-state index in [-0.39, 0.29) is 11.5 Å². The first kappa shape index (κ1) is 20.7. The first-order valence-electron chi connectivity index (χ1n) is 10.5. The van der Waals surface area contributed by atoms with Gasteiger partial charge in [-0.2, -0.15) is 0 Å². The van der Waals surface area contributed by atoms with Crippen LogP contribution in [0.2, 0.25) is 0 Å². The molecule has 0 radical (unpaired) electrons. The van der Waals surface area contributed by atoms with E-state index in [1.807, 2.05) is 12.1 Å². The van der Waals surface area contributed by atoms with Gasteiger partial charge in [0.2, 0.25) is 0 Å². The second-order valence-corrected chi connectivity index (χ2v) is 8.02. The summed E-state index contributed by atoms with van der Waals surface area (Å²) in [7, 11) is 3.48. The lowest BCUT2D eigenvalue weighted by Crippen LogP contribution is -2.31. The predicted molar refractivity (Wildman–Crippen MR) is 123 cm³/mol. The molecule has 2 aromatic carbocycles. The Labute approximate surface area is 180 Å². The number of aromatic nitrogens is 2. The fourth-order valence-electron chi connectivity index (χ4n) is 4.13. The zero-order valence-corrected chi connectivity index (χ0v) is 18.1. The van der Waals surface area contributed by atoms with Gasteiger partial charge in [-0.05, 0) is 50.5 Å². The van der Waals surface area contributed by atoms with Crippen LogP contribution in [0.1, 0.15) is 36.5 Å². The van der Waals surface area contributed by atoms with Gasteiger partial charge in [0.25, 0.3) is 0 Å². The first-order chi connectivity index (χ1) is 14.8. The molecule has 8 nitrogen and oxygen atoms in total. The maximum absolute atomic E-state index is 12.8. The number of nitrogens with zero attached hydrogens (tertiary/aromatic N) is 3. The standard InChI is InChI=1S/C23H27N5O3/c1-15(29)16-8-7-9-17(12-16)24-22(30)25-18-13-20-21(27(3)23(31)26(20)2)14-19(18)28-10-5-4-6-11-28/h7-9,12-14H,4-6,10-11H2,1-3H3,(H2,24,25,30). The minimum Gasteiger partial charge on any atom is -0.370 e. The second-order valence-electron chi connectivity index (χ2n) is 8.02. The molecule has 0 aliphatic carbocycles. The highest BCUT2D eigenvalue weighted by Crippen LogP contribution is 2.33. The number of hydrogen-bond donors (Lipinski definition) is 2. The van der Waals surface area contributed by atoms with E-state index in [9.17, 15) is 14.4 Å². The Morgan fingerprint density at radius 1 is 0.903 bits per heavy atom. The first-order valence-corrected chi connectivity index (χ1v) is 10.5. The topological polar surface area (TPSA) is 88.4 Å². The van der Waals surface area contributed by atoms with E-state index in [2.05, 4.69) is 15.5 Å². The number of hydrogen-bond acceptors (Lipinski definition) is 4. The number of urea groups is 1. The van der Waals surface area contributed by atoms with Gasteiger partial charge in [0.15, 0.2) is 5.78 Å². The van der Waals surface area contributed by atoms with Crippen molar-refractivity contribution in [2.45, 2.75) is 26.2 Å². The number of carbonyl (C=O) groups excluding carboxylic acids is 2. The Kier molecular flexibility index (Phi) is 5.54. The van der Waals surface area contributed by atoms with E-state index in [4.69, 9.17) is 0 Å². The van der Waals surface area contributed by atoms with E-state index in [0.717, 1.165) is 42.7 Å². The molecule has 0 saturated carbocycles. The monoisotopic (exact) mass is 421 g/mol. The smallest absolute Gasteiger partial charge is 0.328 e. The molecule has 2 amide bonds. The van der Waals surface area contributed by atoms with Crippen LogP contribution < -0.4 is 21.2 Å². The minimum atomic E-state index is -0.403. The van der Waals surface area contributed by atoms with Gasteiger partial charge in [-0.1, -0.05) is 12.1 Å². The normalized spacial score (nSPS) is 14.0. The highest BCUT2D eigenvalue weighted by atomic mass is 16.2. The van der Waals surface area contributed by atoms with Crippen LogP contribution in [0.15, 0.2) is 41.2 Å². The third kappa shape index (κ3) is 4.05. The summed E-state index contributed by atoms with van der Waals surface area (Å²) in [6, 6.07) is 10.3. The van der Waals surface area contributed by atoms with Gasteiger partial charge in [-0.3, -0.25) is 13.9 Å². The fourth-order valence-corrected chi connectivity index (χ4v) is 4.13. The summed E-state index contributed by atoms with van der Waals surface area (Å²) in [6.45, 7) is 3.30. The number of rotatable bonds is 4. The Morgan fingerprint density at radius 2 is 1.58 bits per heavy atom. The summed E-state index contributed by atoms with van der Waals surface area (Å²) in [4.78, 5) is 39.1. The molecule has 162 valence electrons. The lowest BCUT2D eigenvalue weighted by Gasteiger charge is -2.30. The van der Waals surface area contributed by atoms with Crippen molar-refractivity contribution >= 4 is 39.9 Å². The molecular formula is C23H27N5O3. The average molecular weight is 422 g/mol. The number of ketones is 1. The van der Waals surface area contributed by atoms with Crippen molar-refractivity contribution in [2.75, 3.05) is 28.6 Å². The Bertz CT molecular complexity index is 1220. The van der Waals surface area contributed by atoms with Crippen molar-refractivity contribution in [3.63, 3.8) is 0 Å². The number of piperidine rings is 1. The van der Waals surface area contributed by atoms with E-state index in [1.165, 1.54) is 13.3 Å². The quantitative estimate of drug-likeness (QED) is 0.629. The molecule has 2 N–H and O–H groups in total. The zero-order valence-electron chi connectivity index (χ0n) is 18.1. The van der Waals surface area contributed by atoms with Gasteiger partial charge in [0.05, 0.1) is 22.4 Å². The summed E-state index contributed by atoms with van der Waals surface area (Å²) in [5.41, 5.74) is 4.10. The Balaban J connectivity index is 1.68. The Hall–Kier alpha value is -3.55. The van der Waals surface area contributed by atoms with Gasteiger partial charge < -0.3 is 15.5 Å². The Morgan fingerprint density at radius 3 is 2.26 bits per heavy atom. The van der Waals surface area contributed by atoms with Gasteiger partial charge in [0, 0.05) is 38.4 Å². The molecule has 3 aromatic rings.